The molecule has 3 nitrogen and oxygen atoms in total. The van der Waals surface area contributed by atoms with E-state index in [1.807, 2.05) is 0 Å². The number of benzene rings is 1. The van der Waals surface area contributed by atoms with Crippen molar-refractivity contribution in [2.45, 2.75) is 18.4 Å². The zero-order valence-corrected chi connectivity index (χ0v) is 10.9. The molecule has 94 valence electrons. The molecule has 1 atom stereocenters. The number of rotatable bonds is 3. The second-order valence-corrected chi connectivity index (χ2v) is 5.16. The summed E-state index contributed by atoms with van der Waals surface area (Å²) < 4.78 is 0. The molecule has 1 fully saturated rings. The van der Waals surface area contributed by atoms with Gasteiger partial charge in [0, 0.05) is 25.8 Å². The molecule has 3 heteroatoms. The standard InChI is InChI=1S/C14H23N3/c1-16-10-6-9-14(11-15,12-16)17(2)13-7-4-3-5-8-13/h3-5,7-8H,6,9-12,15H2,1-2H3. The van der Waals surface area contributed by atoms with Crippen LogP contribution in [0.15, 0.2) is 30.3 Å². The first-order chi connectivity index (χ1) is 8.18. The number of hydrogen-bond acceptors (Lipinski definition) is 3. The molecule has 1 aromatic rings. The van der Waals surface area contributed by atoms with Crippen LogP contribution < -0.4 is 10.6 Å². The minimum Gasteiger partial charge on any atom is -0.366 e. The highest BCUT2D eigenvalue weighted by atomic mass is 15.3. The maximum absolute atomic E-state index is 6.07. The maximum atomic E-state index is 6.07. The lowest BCUT2D eigenvalue weighted by molar-refractivity contribution is 0.178. The van der Waals surface area contributed by atoms with Gasteiger partial charge in [0.25, 0.3) is 0 Å². The van der Waals surface area contributed by atoms with E-state index in [2.05, 4.69) is 54.2 Å². The lowest BCUT2D eigenvalue weighted by atomic mass is 9.87. The first-order valence-electron chi connectivity index (χ1n) is 6.35. The highest BCUT2D eigenvalue weighted by molar-refractivity contribution is 5.48. The number of nitrogens with zero attached hydrogens (tertiary/aromatic N) is 2. The van der Waals surface area contributed by atoms with Crippen LogP contribution in [0, 0.1) is 0 Å². The van der Waals surface area contributed by atoms with Gasteiger partial charge in [-0.1, -0.05) is 18.2 Å². The van der Waals surface area contributed by atoms with Gasteiger partial charge in [0.1, 0.15) is 0 Å². The van der Waals surface area contributed by atoms with Crippen molar-refractivity contribution in [3.8, 4) is 0 Å². The van der Waals surface area contributed by atoms with Gasteiger partial charge in [-0.25, -0.2) is 0 Å². The van der Waals surface area contributed by atoms with Crippen molar-refractivity contribution in [3.05, 3.63) is 30.3 Å². The fourth-order valence-electron chi connectivity index (χ4n) is 2.84. The second-order valence-electron chi connectivity index (χ2n) is 5.16. The van der Waals surface area contributed by atoms with Crippen molar-refractivity contribution < 1.29 is 0 Å². The summed E-state index contributed by atoms with van der Waals surface area (Å²) in [6.45, 7) is 2.95. The molecule has 1 saturated heterocycles. The van der Waals surface area contributed by atoms with Crippen LogP contribution in [-0.4, -0.2) is 44.2 Å². The Balaban J connectivity index is 2.23. The Morgan fingerprint density at radius 2 is 2.06 bits per heavy atom. The zero-order chi connectivity index (χ0) is 12.3. The molecule has 1 aliphatic heterocycles. The number of hydrogen-bond donors (Lipinski definition) is 1. The summed E-state index contributed by atoms with van der Waals surface area (Å²) in [4.78, 5) is 4.75. The number of nitrogens with two attached hydrogens (primary N) is 1. The van der Waals surface area contributed by atoms with Gasteiger partial charge in [0.15, 0.2) is 0 Å². The molecule has 1 heterocycles. The molecule has 2 rings (SSSR count). The normalized spacial score (nSPS) is 25.8. The van der Waals surface area contributed by atoms with E-state index in [4.69, 9.17) is 5.73 Å². The molecule has 2 N–H and O–H groups in total. The lowest BCUT2D eigenvalue weighted by Gasteiger charge is -2.48. The van der Waals surface area contributed by atoms with E-state index in [1.54, 1.807) is 0 Å². The van der Waals surface area contributed by atoms with Gasteiger partial charge in [-0.05, 0) is 38.6 Å². The summed E-state index contributed by atoms with van der Waals surface area (Å²) >= 11 is 0. The summed E-state index contributed by atoms with van der Waals surface area (Å²) in [5.41, 5.74) is 7.42. The molecule has 0 radical (unpaired) electrons. The molecular formula is C14H23N3. The van der Waals surface area contributed by atoms with Crippen LogP contribution in [0.4, 0.5) is 5.69 Å². The van der Waals surface area contributed by atoms with E-state index in [0.29, 0.717) is 6.54 Å². The topological polar surface area (TPSA) is 32.5 Å². The Labute approximate surface area is 104 Å². The van der Waals surface area contributed by atoms with E-state index < -0.39 is 0 Å². The molecule has 0 bridgehead atoms. The van der Waals surface area contributed by atoms with Gasteiger partial charge < -0.3 is 15.5 Å². The fourth-order valence-corrected chi connectivity index (χ4v) is 2.84. The molecule has 0 spiro atoms. The van der Waals surface area contributed by atoms with Gasteiger partial charge >= 0.3 is 0 Å². The molecule has 0 amide bonds. The van der Waals surface area contributed by atoms with E-state index >= 15 is 0 Å². The Kier molecular flexibility index (Phi) is 3.69. The Morgan fingerprint density at radius 3 is 2.65 bits per heavy atom. The Morgan fingerprint density at radius 1 is 1.35 bits per heavy atom. The van der Waals surface area contributed by atoms with Gasteiger partial charge in [-0.15, -0.1) is 0 Å². The van der Waals surface area contributed by atoms with Crippen LogP contribution >= 0.6 is 0 Å². The fraction of sp³-hybridized carbons (Fsp3) is 0.571. The van der Waals surface area contributed by atoms with Crippen molar-refractivity contribution in [1.29, 1.82) is 0 Å². The number of anilines is 1. The van der Waals surface area contributed by atoms with Crippen LogP contribution in [0.5, 0.6) is 0 Å². The molecule has 1 unspecified atom stereocenters. The summed E-state index contributed by atoms with van der Waals surface area (Å²) in [6, 6.07) is 10.5. The summed E-state index contributed by atoms with van der Waals surface area (Å²) in [5, 5.41) is 0. The van der Waals surface area contributed by atoms with Crippen LogP contribution in [0.25, 0.3) is 0 Å². The van der Waals surface area contributed by atoms with Crippen LogP contribution in [0.1, 0.15) is 12.8 Å². The van der Waals surface area contributed by atoms with Gasteiger partial charge in [-0.3, -0.25) is 0 Å². The maximum Gasteiger partial charge on any atom is 0.0647 e. The van der Waals surface area contributed by atoms with Gasteiger partial charge in [0.05, 0.1) is 5.54 Å². The first kappa shape index (κ1) is 12.4. The Bertz CT molecular complexity index is 352. The van der Waals surface area contributed by atoms with Crippen LogP contribution in [0.3, 0.4) is 0 Å². The first-order valence-corrected chi connectivity index (χ1v) is 6.35. The minimum absolute atomic E-state index is 0.0916. The SMILES string of the molecule is CN1CCCC(CN)(N(C)c2ccccc2)C1. The van der Waals surface area contributed by atoms with Crippen LogP contribution in [-0.2, 0) is 0 Å². The van der Waals surface area contributed by atoms with Gasteiger partial charge in [-0.2, -0.15) is 0 Å². The molecule has 17 heavy (non-hydrogen) atoms. The van der Waals surface area contributed by atoms with Crippen molar-refractivity contribution in [1.82, 2.24) is 4.90 Å². The lowest BCUT2D eigenvalue weighted by Crippen LogP contribution is -2.61. The van der Waals surface area contributed by atoms with E-state index in [9.17, 15) is 0 Å². The van der Waals surface area contributed by atoms with Gasteiger partial charge in [0.2, 0.25) is 0 Å². The number of likely N-dealkylation sites (tertiary alicyclic amines) is 1. The highest BCUT2D eigenvalue weighted by Crippen LogP contribution is 2.29. The van der Waals surface area contributed by atoms with Crippen molar-refractivity contribution in [3.63, 3.8) is 0 Å². The summed E-state index contributed by atoms with van der Waals surface area (Å²) in [5.74, 6) is 0. The quantitative estimate of drug-likeness (QED) is 0.859. The molecule has 1 aromatic carbocycles. The van der Waals surface area contributed by atoms with Crippen molar-refractivity contribution >= 4 is 5.69 Å². The minimum atomic E-state index is 0.0916. The number of para-hydroxylation sites is 1. The summed E-state index contributed by atoms with van der Waals surface area (Å²) in [7, 11) is 4.35. The predicted molar refractivity (Wildman–Crippen MR) is 73.4 cm³/mol. The van der Waals surface area contributed by atoms with Crippen molar-refractivity contribution in [2.24, 2.45) is 5.73 Å². The Hall–Kier alpha value is -1.06. The molecule has 0 aromatic heterocycles. The molecule has 0 saturated carbocycles. The van der Waals surface area contributed by atoms with E-state index in [1.165, 1.54) is 25.1 Å². The van der Waals surface area contributed by atoms with Crippen molar-refractivity contribution in [2.75, 3.05) is 38.6 Å². The number of piperidine rings is 1. The molecular weight excluding hydrogens is 210 g/mol. The third-order valence-corrected chi connectivity index (χ3v) is 3.98. The summed E-state index contributed by atoms with van der Waals surface area (Å²) in [6.07, 6.45) is 2.41. The highest BCUT2D eigenvalue weighted by Gasteiger charge is 2.36. The van der Waals surface area contributed by atoms with Crippen LogP contribution in [0.2, 0.25) is 0 Å². The van der Waals surface area contributed by atoms with E-state index in [-0.39, 0.29) is 5.54 Å². The second kappa shape index (κ2) is 5.07. The largest absolute Gasteiger partial charge is 0.366 e. The molecule has 0 aliphatic carbocycles. The third kappa shape index (κ3) is 2.45. The number of likely N-dealkylation sites (N-methyl/N-ethyl adjacent to an activating group) is 2. The van der Waals surface area contributed by atoms with E-state index in [0.717, 1.165) is 6.54 Å². The average Bonchev–Trinajstić information content (AvgIpc) is 2.38. The zero-order valence-electron chi connectivity index (χ0n) is 10.9. The monoisotopic (exact) mass is 233 g/mol. The molecule has 1 aliphatic rings. The third-order valence-electron chi connectivity index (χ3n) is 3.98. The smallest absolute Gasteiger partial charge is 0.0647 e. The predicted octanol–water partition coefficient (Wildman–Crippen LogP) is 1.55. The average molecular weight is 233 g/mol.